The first-order valence-corrected chi connectivity index (χ1v) is 8.69. The van der Waals surface area contributed by atoms with Crippen LogP contribution in [0.1, 0.15) is 12.8 Å². The number of allylic oxidation sites excluding steroid dienone is 2. The summed E-state index contributed by atoms with van der Waals surface area (Å²) in [5.74, 6) is 2.75. The van der Waals surface area contributed by atoms with Gasteiger partial charge in [-0.3, -0.25) is 0 Å². The fourth-order valence-corrected chi connectivity index (χ4v) is 4.73. The van der Waals surface area contributed by atoms with E-state index in [-0.39, 0.29) is 0 Å². The molecule has 112 valence electrons. The summed E-state index contributed by atoms with van der Waals surface area (Å²) in [5, 5.41) is 0.888. The molecule has 1 aromatic rings. The van der Waals surface area contributed by atoms with Crippen molar-refractivity contribution in [1.82, 2.24) is 0 Å². The molecule has 2 fully saturated rings. The Kier molecular flexibility index (Phi) is 3.68. The number of fused-ring (bicyclic) bond motifs is 2. The minimum Gasteiger partial charge on any atom is -0.359 e. The summed E-state index contributed by atoms with van der Waals surface area (Å²) in [4.78, 5) is 4.25. The Hall–Kier alpha value is -0.990. The predicted octanol–water partition coefficient (Wildman–Crippen LogP) is 2.26. The molecule has 0 amide bonds. The largest absolute Gasteiger partial charge is 0.359 e. The fraction of sp³-hybridized carbons (Fsp3) is 0.556. The molecule has 4 rings (SSSR count). The number of anilines is 1. The lowest BCUT2D eigenvalue weighted by atomic mass is 9.93. The first kappa shape index (κ1) is 13.7. The van der Waals surface area contributed by atoms with Crippen LogP contribution in [0.15, 0.2) is 36.4 Å². The molecule has 21 heavy (non-hydrogen) atoms. The highest BCUT2D eigenvalue weighted by molar-refractivity contribution is 6.33. The number of hydrogen-bond acceptors (Lipinski definition) is 1. The molecule has 1 saturated heterocycles. The lowest BCUT2D eigenvalue weighted by Gasteiger charge is -2.35. The highest BCUT2D eigenvalue weighted by Gasteiger charge is 2.38. The van der Waals surface area contributed by atoms with Gasteiger partial charge in [-0.05, 0) is 36.8 Å². The van der Waals surface area contributed by atoms with E-state index in [2.05, 4.69) is 29.2 Å². The number of nitrogens with one attached hydrogen (secondary N) is 1. The summed E-state index contributed by atoms with van der Waals surface area (Å²) in [6, 6.07) is 8.24. The molecular weight excluding hydrogens is 280 g/mol. The minimum absolute atomic E-state index is 0.888. The molecule has 3 atom stereocenters. The normalized spacial score (nSPS) is 32.0. The molecule has 1 aromatic carbocycles. The van der Waals surface area contributed by atoms with Crippen LogP contribution in [0.2, 0.25) is 5.02 Å². The predicted molar refractivity (Wildman–Crippen MR) is 88.1 cm³/mol. The van der Waals surface area contributed by atoms with Gasteiger partial charge in [0, 0.05) is 5.92 Å². The molecule has 0 radical (unpaired) electrons. The summed E-state index contributed by atoms with van der Waals surface area (Å²) in [6.45, 7) is 6.15. The molecule has 1 heterocycles. The Balaban J connectivity index is 1.33. The fourth-order valence-electron chi connectivity index (χ4n) is 4.48. The molecule has 3 aliphatic rings. The second-order valence-electron chi connectivity index (χ2n) is 6.93. The van der Waals surface area contributed by atoms with E-state index < -0.39 is 0 Å². The molecular formula is C18H24ClN2+. The van der Waals surface area contributed by atoms with Gasteiger partial charge in [-0.15, -0.1) is 0 Å². The van der Waals surface area contributed by atoms with Gasteiger partial charge >= 0.3 is 0 Å². The summed E-state index contributed by atoms with van der Waals surface area (Å²) in [5.41, 5.74) is 1.21. The average Bonchev–Trinajstić information content (AvgIpc) is 3.11. The monoisotopic (exact) mass is 303 g/mol. The number of nitrogens with zero attached hydrogens (tertiary/aromatic N) is 1. The second kappa shape index (κ2) is 5.66. The van der Waals surface area contributed by atoms with Gasteiger partial charge < -0.3 is 9.80 Å². The van der Waals surface area contributed by atoms with Crippen molar-refractivity contribution in [1.29, 1.82) is 0 Å². The summed E-state index contributed by atoms with van der Waals surface area (Å²) in [6.07, 6.45) is 7.81. The Labute approximate surface area is 132 Å². The van der Waals surface area contributed by atoms with Crippen molar-refractivity contribution in [2.24, 2.45) is 17.8 Å². The first-order chi connectivity index (χ1) is 10.3. The molecule has 2 nitrogen and oxygen atoms in total. The SMILES string of the molecule is Clc1ccccc1N1CC[NH+](C[C@@H]2C[C@@H]3C=C[C@H]2C3)CC1. The molecule has 0 unspecified atom stereocenters. The maximum absolute atomic E-state index is 6.32. The number of rotatable bonds is 3. The van der Waals surface area contributed by atoms with Gasteiger partial charge in [0.15, 0.2) is 0 Å². The van der Waals surface area contributed by atoms with Crippen LogP contribution in [0.4, 0.5) is 5.69 Å². The highest BCUT2D eigenvalue weighted by Crippen LogP contribution is 2.42. The molecule has 2 aliphatic carbocycles. The topological polar surface area (TPSA) is 7.68 Å². The van der Waals surface area contributed by atoms with E-state index in [1.807, 2.05) is 12.1 Å². The lowest BCUT2D eigenvalue weighted by Crippen LogP contribution is -3.15. The van der Waals surface area contributed by atoms with Crippen LogP contribution in [-0.2, 0) is 0 Å². The lowest BCUT2D eigenvalue weighted by molar-refractivity contribution is -0.904. The molecule has 1 N–H and O–H groups in total. The standard InChI is InChI=1S/C18H23ClN2/c19-17-3-1-2-4-18(17)21-9-7-20(8-10-21)13-16-12-14-5-6-15(16)11-14/h1-6,14-16H,7-13H2/p+1/t14-,15+,16+/m1/s1. The van der Waals surface area contributed by atoms with Crippen molar-refractivity contribution in [2.75, 3.05) is 37.6 Å². The van der Waals surface area contributed by atoms with Crippen molar-refractivity contribution in [3.8, 4) is 0 Å². The van der Waals surface area contributed by atoms with Crippen LogP contribution in [0.25, 0.3) is 0 Å². The number of quaternary nitrogens is 1. The Bertz CT molecular complexity index is 534. The van der Waals surface area contributed by atoms with E-state index in [9.17, 15) is 0 Å². The number of halogens is 1. The van der Waals surface area contributed by atoms with Gasteiger partial charge in [0.05, 0.1) is 43.4 Å². The summed E-state index contributed by atoms with van der Waals surface area (Å²) in [7, 11) is 0. The van der Waals surface area contributed by atoms with Gasteiger partial charge in [0.1, 0.15) is 0 Å². The quantitative estimate of drug-likeness (QED) is 0.842. The zero-order chi connectivity index (χ0) is 14.2. The molecule has 2 bridgehead atoms. The second-order valence-corrected chi connectivity index (χ2v) is 7.34. The minimum atomic E-state index is 0.888. The molecule has 0 aromatic heterocycles. The third-order valence-electron chi connectivity index (χ3n) is 5.63. The van der Waals surface area contributed by atoms with E-state index in [0.29, 0.717) is 0 Å². The van der Waals surface area contributed by atoms with Gasteiger partial charge in [-0.2, -0.15) is 0 Å². The van der Waals surface area contributed by atoms with Crippen LogP contribution in [0.5, 0.6) is 0 Å². The van der Waals surface area contributed by atoms with Crippen LogP contribution in [0.3, 0.4) is 0 Å². The highest BCUT2D eigenvalue weighted by atomic mass is 35.5. The Morgan fingerprint density at radius 3 is 2.57 bits per heavy atom. The van der Waals surface area contributed by atoms with Crippen LogP contribution in [-0.4, -0.2) is 32.7 Å². The number of para-hydroxylation sites is 1. The summed E-state index contributed by atoms with van der Waals surface area (Å²) < 4.78 is 0. The van der Waals surface area contributed by atoms with Crippen molar-refractivity contribution < 1.29 is 4.90 Å². The number of piperazine rings is 1. The molecule has 1 aliphatic heterocycles. The third kappa shape index (κ3) is 2.72. The number of benzene rings is 1. The van der Waals surface area contributed by atoms with Gasteiger partial charge in [0.25, 0.3) is 0 Å². The van der Waals surface area contributed by atoms with E-state index in [1.165, 1.54) is 38.2 Å². The first-order valence-electron chi connectivity index (χ1n) is 8.31. The maximum atomic E-state index is 6.32. The number of hydrogen-bond donors (Lipinski definition) is 1. The maximum Gasteiger partial charge on any atom is 0.0949 e. The van der Waals surface area contributed by atoms with E-state index in [4.69, 9.17) is 11.6 Å². The van der Waals surface area contributed by atoms with Crippen LogP contribution >= 0.6 is 11.6 Å². The zero-order valence-corrected chi connectivity index (χ0v) is 13.2. The molecule has 1 saturated carbocycles. The average molecular weight is 304 g/mol. The Morgan fingerprint density at radius 1 is 1.10 bits per heavy atom. The van der Waals surface area contributed by atoms with E-state index >= 15 is 0 Å². The van der Waals surface area contributed by atoms with Crippen LogP contribution in [0, 0.1) is 17.8 Å². The van der Waals surface area contributed by atoms with E-state index in [0.717, 1.165) is 35.9 Å². The van der Waals surface area contributed by atoms with Gasteiger partial charge in [0.2, 0.25) is 0 Å². The summed E-state index contributed by atoms with van der Waals surface area (Å²) >= 11 is 6.32. The third-order valence-corrected chi connectivity index (χ3v) is 5.95. The van der Waals surface area contributed by atoms with Gasteiger partial charge in [-0.25, -0.2) is 0 Å². The molecule has 0 spiro atoms. The van der Waals surface area contributed by atoms with E-state index in [1.54, 1.807) is 4.90 Å². The smallest absolute Gasteiger partial charge is 0.0949 e. The van der Waals surface area contributed by atoms with Crippen molar-refractivity contribution in [3.05, 3.63) is 41.4 Å². The van der Waals surface area contributed by atoms with Crippen molar-refractivity contribution in [3.63, 3.8) is 0 Å². The Morgan fingerprint density at radius 2 is 1.90 bits per heavy atom. The van der Waals surface area contributed by atoms with Crippen molar-refractivity contribution in [2.45, 2.75) is 12.8 Å². The zero-order valence-electron chi connectivity index (χ0n) is 12.5. The van der Waals surface area contributed by atoms with Crippen LogP contribution < -0.4 is 9.80 Å². The van der Waals surface area contributed by atoms with Crippen molar-refractivity contribution >= 4 is 17.3 Å². The molecule has 3 heteroatoms. The van der Waals surface area contributed by atoms with Gasteiger partial charge in [-0.1, -0.05) is 35.9 Å².